The summed E-state index contributed by atoms with van der Waals surface area (Å²) >= 11 is 0. The van der Waals surface area contributed by atoms with Gasteiger partial charge in [-0.15, -0.1) is 0 Å². The second-order valence-corrected chi connectivity index (χ2v) is 10.3. The van der Waals surface area contributed by atoms with E-state index in [2.05, 4.69) is 29.6 Å². The van der Waals surface area contributed by atoms with Crippen molar-refractivity contribution in [3.8, 4) is 11.1 Å². The van der Waals surface area contributed by atoms with Gasteiger partial charge in [0.15, 0.2) is 0 Å². The summed E-state index contributed by atoms with van der Waals surface area (Å²) < 4.78 is 5.65. The van der Waals surface area contributed by atoms with Crippen molar-refractivity contribution < 1.29 is 24.2 Å². The summed E-state index contributed by atoms with van der Waals surface area (Å²) in [7, 11) is 0. The third-order valence-electron chi connectivity index (χ3n) is 7.07. The van der Waals surface area contributed by atoms with Gasteiger partial charge in [-0.1, -0.05) is 69.3 Å². The highest BCUT2D eigenvalue weighted by atomic mass is 16.5. The first kappa shape index (κ1) is 23.8. The molecule has 2 aromatic rings. The van der Waals surface area contributed by atoms with Crippen molar-refractivity contribution in [3.63, 3.8) is 0 Å². The highest BCUT2D eigenvalue weighted by Crippen LogP contribution is 2.44. The summed E-state index contributed by atoms with van der Waals surface area (Å²) in [5, 5.41) is 12.2. The molecule has 2 amide bonds. The van der Waals surface area contributed by atoms with Crippen LogP contribution >= 0.6 is 0 Å². The number of alkyl carbamates (subject to hydrolysis) is 1. The number of nitrogens with one attached hydrogen (secondary N) is 1. The number of carboxylic acids is 1. The van der Waals surface area contributed by atoms with E-state index in [1.807, 2.05) is 45.0 Å². The molecule has 7 nitrogen and oxygen atoms in total. The SMILES string of the molecule is CC1C(C(=O)O)CCN1C(=O)C(NC(=O)OCC1c2ccccc2-c2ccccc21)C(C)(C)C. The van der Waals surface area contributed by atoms with Crippen molar-refractivity contribution >= 4 is 18.0 Å². The van der Waals surface area contributed by atoms with Crippen molar-refractivity contribution in [1.29, 1.82) is 0 Å². The van der Waals surface area contributed by atoms with Gasteiger partial charge in [-0.05, 0) is 41.0 Å². The predicted molar refractivity (Wildman–Crippen MR) is 128 cm³/mol. The zero-order chi connectivity index (χ0) is 24.6. The molecule has 1 heterocycles. The van der Waals surface area contributed by atoms with Gasteiger partial charge in [0, 0.05) is 18.5 Å². The molecule has 180 valence electrons. The van der Waals surface area contributed by atoms with E-state index < -0.39 is 35.5 Å². The number of carbonyl (C=O) groups excluding carboxylic acids is 2. The van der Waals surface area contributed by atoms with Gasteiger partial charge < -0.3 is 20.1 Å². The number of nitrogens with zero attached hydrogens (tertiary/aromatic N) is 1. The van der Waals surface area contributed by atoms with Crippen LogP contribution < -0.4 is 5.32 Å². The van der Waals surface area contributed by atoms with Gasteiger partial charge in [-0.3, -0.25) is 9.59 Å². The van der Waals surface area contributed by atoms with Crippen LogP contribution in [0, 0.1) is 11.3 Å². The van der Waals surface area contributed by atoms with Crippen LogP contribution in [-0.2, 0) is 14.3 Å². The Balaban J connectivity index is 1.46. The molecule has 2 aliphatic rings. The number of aliphatic carboxylic acids is 1. The van der Waals surface area contributed by atoms with E-state index in [0.29, 0.717) is 13.0 Å². The summed E-state index contributed by atoms with van der Waals surface area (Å²) in [5.41, 5.74) is 3.94. The Kier molecular flexibility index (Phi) is 6.39. The Bertz CT molecular complexity index is 1060. The zero-order valence-corrected chi connectivity index (χ0v) is 20.1. The first-order valence-electron chi connectivity index (χ1n) is 11.7. The zero-order valence-electron chi connectivity index (χ0n) is 20.1. The third-order valence-corrected chi connectivity index (χ3v) is 7.07. The molecule has 3 unspecified atom stereocenters. The van der Waals surface area contributed by atoms with Crippen LogP contribution in [-0.4, -0.2) is 53.2 Å². The highest BCUT2D eigenvalue weighted by Gasteiger charge is 2.44. The number of fused-ring (bicyclic) bond motifs is 3. The number of benzene rings is 2. The Morgan fingerprint density at radius 2 is 1.62 bits per heavy atom. The summed E-state index contributed by atoms with van der Waals surface area (Å²) in [6.45, 7) is 7.87. The molecule has 2 aromatic carbocycles. The molecule has 1 saturated heterocycles. The summed E-state index contributed by atoms with van der Waals surface area (Å²) in [4.78, 5) is 39.3. The maximum absolute atomic E-state index is 13.4. The van der Waals surface area contributed by atoms with Gasteiger partial charge in [0.05, 0.1) is 5.92 Å². The second-order valence-electron chi connectivity index (χ2n) is 10.3. The Morgan fingerprint density at radius 3 is 2.12 bits per heavy atom. The smallest absolute Gasteiger partial charge is 0.407 e. The number of rotatable bonds is 5. The van der Waals surface area contributed by atoms with Crippen molar-refractivity contribution in [2.45, 2.75) is 52.1 Å². The number of likely N-dealkylation sites (tertiary alicyclic amines) is 1. The second kappa shape index (κ2) is 9.12. The molecule has 2 N–H and O–H groups in total. The van der Waals surface area contributed by atoms with Crippen LogP contribution in [0.4, 0.5) is 4.79 Å². The van der Waals surface area contributed by atoms with Crippen LogP contribution in [0.2, 0.25) is 0 Å². The molecular weight excluding hydrogens is 432 g/mol. The number of carboxylic acid groups (broad SMARTS) is 1. The van der Waals surface area contributed by atoms with E-state index in [0.717, 1.165) is 22.3 Å². The van der Waals surface area contributed by atoms with E-state index in [4.69, 9.17) is 4.74 Å². The quantitative estimate of drug-likeness (QED) is 0.689. The topological polar surface area (TPSA) is 95.9 Å². The minimum atomic E-state index is -0.903. The van der Waals surface area contributed by atoms with E-state index in [-0.39, 0.29) is 18.4 Å². The molecule has 0 saturated carbocycles. The molecule has 1 aliphatic carbocycles. The highest BCUT2D eigenvalue weighted by molar-refractivity contribution is 5.88. The normalized spacial score (nSPS) is 20.4. The maximum Gasteiger partial charge on any atom is 0.407 e. The standard InChI is InChI=1S/C27H32N2O5/c1-16-17(25(31)32)13-14-29(16)24(30)23(27(2,3)4)28-26(33)34-15-22-20-11-7-5-9-18(20)19-10-6-8-12-21(19)22/h5-12,16-17,22-23H,13-15H2,1-4H3,(H,28,33)(H,31,32). The number of hydrogen-bond donors (Lipinski definition) is 2. The average Bonchev–Trinajstić information content (AvgIpc) is 3.33. The number of ether oxygens (including phenoxy) is 1. The van der Waals surface area contributed by atoms with Gasteiger partial charge in [0.1, 0.15) is 12.6 Å². The van der Waals surface area contributed by atoms with Crippen molar-refractivity contribution in [2.75, 3.05) is 13.2 Å². The van der Waals surface area contributed by atoms with Gasteiger partial charge >= 0.3 is 12.1 Å². The van der Waals surface area contributed by atoms with E-state index >= 15 is 0 Å². The average molecular weight is 465 g/mol. The molecule has 3 atom stereocenters. The molecule has 34 heavy (non-hydrogen) atoms. The summed E-state index contributed by atoms with van der Waals surface area (Å²) in [6, 6.07) is 14.9. The van der Waals surface area contributed by atoms with Gasteiger partial charge in [-0.25, -0.2) is 4.79 Å². The third kappa shape index (κ3) is 4.39. The van der Waals surface area contributed by atoms with Crippen LogP contribution in [0.5, 0.6) is 0 Å². The first-order chi connectivity index (χ1) is 16.1. The Labute approximate surface area is 200 Å². The molecule has 0 spiro atoms. The fraction of sp³-hybridized carbons (Fsp3) is 0.444. The Morgan fingerprint density at radius 1 is 1.06 bits per heavy atom. The molecule has 1 fully saturated rings. The lowest BCUT2D eigenvalue weighted by Crippen LogP contribution is -2.56. The molecule has 0 bridgehead atoms. The first-order valence-corrected chi connectivity index (χ1v) is 11.7. The van der Waals surface area contributed by atoms with Crippen molar-refractivity contribution in [3.05, 3.63) is 59.7 Å². The maximum atomic E-state index is 13.4. The number of carbonyl (C=O) groups is 3. The largest absolute Gasteiger partial charge is 0.481 e. The lowest BCUT2D eigenvalue weighted by Gasteiger charge is -2.35. The Hall–Kier alpha value is -3.35. The summed E-state index contributed by atoms with van der Waals surface area (Å²) in [5.74, 6) is -1.85. The number of amides is 2. The molecule has 7 heteroatoms. The van der Waals surface area contributed by atoms with Crippen molar-refractivity contribution in [2.24, 2.45) is 11.3 Å². The van der Waals surface area contributed by atoms with Crippen LogP contribution in [0.15, 0.2) is 48.5 Å². The lowest BCUT2D eigenvalue weighted by atomic mass is 9.85. The fourth-order valence-corrected chi connectivity index (χ4v) is 5.15. The fourth-order valence-electron chi connectivity index (χ4n) is 5.15. The van der Waals surface area contributed by atoms with E-state index in [1.54, 1.807) is 11.8 Å². The minimum absolute atomic E-state index is 0.0723. The molecule has 0 radical (unpaired) electrons. The van der Waals surface area contributed by atoms with Gasteiger partial charge in [-0.2, -0.15) is 0 Å². The van der Waals surface area contributed by atoms with Crippen LogP contribution in [0.1, 0.15) is 51.2 Å². The molecule has 1 aliphatic heterocycles. The van der Waals surface area contributed by atoms with Crippen molar-refractivity contribution in [1.82, 2.24) is 10.2 Å². The van der Waals surface area contributed by atoms with Crippen LogP contribution in [0.3, 0.4) is 0 Å². The van der Waals surface area contributed by atoms with Gasteiger partial charge in [0.25, 0.3) is 0 Å². The van der Waals surface area contributed by atoms with Gasteiger partial charge in [0.2, 0.25) is 5.91 Å². The number of hydrogen-bond acceptors (Lipinski definition) is 4. The lowest BCUT2D eigenvalue weighted by molar-refractivity contribution is -0.143. The van der Waals surface area contributed by atoms with E-state index in [1.165, 1.54) is 0 Å². The monoisotopic (exact) mass is 464 g/mol. The van der Waals surface area contributed by atoms with E-state index in [9.17, 15) is 19.5 Å². The molecular formula is C27H32N2O5. The van der Waals surface area contributed by atoms with Crippen LogP contribution in [0.25, 0.3) is 11.1 Å². The molecule has 0 aromatic heterocycles. The predicted octanol–water partition coefficient (Wildman–Crippen LogP) is 4.26. The summed E-state index contributed by atoms with van der Waals surface area (Å²) in [6.07, 6.45) is -0.249. The molecule has 4 rings (SSSR count). The minimum Gasteiger partial charge on any atom is -0.481 e.